The van der Waals surface area contributed by atoms with Gasteiger partial charge in [-0.15, -0.1) is 0 Å². The summed E-state index contributed by atoms with van der Waals surface area (Å²) in [7, 11) is -3.06. The predicted octanol–water partition coefficient (Wildman–Crippen LogP) is 1.44. The summed E-state index contributed by atoms with van der Waals surface area (Å²) >= 11 is 0. The van der Waals surface area contributed by atoms with E-state index in [0.29, 0.717) is 18.4 Å². The lowest BCUT2D eigenvalue weighted by atomic mass is 9.89. The van der Waals surface area contributed by atoms with Gasteiger partial charge in [-0.25, -0.2) is 12.7 Å². The fourth-order valence-electron chi connectivity index (χ4n) is 3.11. The standard InChI is InChI=1S/C13H26N2O2S/c1-11(2)12-4-3-8-15(9-6-12)18(16,17)13-5-7-14-10-13/h11-14H,3-10H2,1-2H3. The Bertz CT molecular complexity index is 361. The molecular weight excluding hydrogens is 248 g/mol. The van der Waals surface area contributed by atoms with Crippen LogP contribution in [0.4, 0.5) is 0 Å². The molecule has 2 heterocycles. The van der Waals surface area contributed by atoms with Gasteiger partial charge in [-0.2, -0.15) is 0 Å². The number of nitrogens with one attached hydrogen (secondary N) is 1. The summed E-state index contributed by atoms with van der Waals surface area (Å²) < 4.78 is 26.8. The molecule has 0 aromatic heterocycles. The Labute approximate surface area is 111 Å². The highest BCUT2D eigenvalue weighted by Crippen LogP contribution is 2.27. The van der Waals surface area contributed by atoms with Crippen LogP contribution in [0.25, 0.3) is 0 Å². The van der Waals surface area contributed by atoms with E-state index in [2.05, 4.69) is 19.2 Å². The highest BCUT2D eigenvalue weighted by molar-refractivity contribution is 7.89. The Morgan fingerprint density at radius 3 is 2.56 bits per heavy atom. The van der Waals surface area contributed by atoms with Crippen LogP contribution in [0.1, 0.15) is 39.5 Å². The molecule has 2 aliphatic rings. The number of sulfonamides is 1. The molecule has 2 unspecified atom stereocenters. The Morgan fingerprint density at radius 2 is 1.94 bits per heavy atom. The first kappa shape index (κ1) is 14.3. The number of hydrogen-bond donors (Lipinski definition) is 1. The van der Waals surface area contributed by atoms with Crippen LogP contribution < -0.4 is 5.32 Å². The van der Waals surface area contributed by atoms with Crippen LogP contribution in [0.15, 0.2) is 0 Å². The average molecular weight is 274 g/mol. The number of nitrogens with zero attached hydrogens (tertiary/aromatic N) is 1. The van der Waals surface area contributed by atoms with E-state index >= 15 is 0 Å². The summed E-state index contributed by atoms with van der Waals surface area (Å²) in [6, 6.07) is 0. The summed E-state index contributed by atoms with van der Waals surface area (Å²) in [5, 5.41) is 2.97. The summed E-state index contributed by atoms with van der Waals surface area (Å²) in [6.07, 6.45) is 3.98. The van der Waals surface area contributed by atoms with Gasteiger partial charge >= 0.3 is 0 Å². The van der Waals surface area contributed by atoms with Gasteiger partial charge in [-0.05, 0) is 44.1 Å². The molecule has 0 amide bonds. The fraction of sp³-hybridized carbons (Fsp3) is 1.00. The fourth-order valence-corrected chi connectivity index (χ4v) is 5.02. The maximum absolute atomic E-state index is 12.5. The van der Waals surface area contributed by atoms with E-state index in [-0.39, 0.29) is 5.25 Å². The molecule has 2 saturated heterocycles. The minimum atomic E-state index is -3.06. The van der Waals surface area contributed by atoms with Gasteiger partial charge in [0.15, 0.2) is 0 Å². The first-order chi connectivity index (χ1) is 8.51. The SMILES string of the molecule is CC(C)C1CCCN(S(=O)(=O)C2CCNC2)CC1. The minimum absolute atomic E-state index is 0.187. The quantitative estimate of drug-likeness (QED) is 0.847. The van der Waals surface area contributed by atoms with Gasteiger partial charge in [0, 0.05) is 19.6 Å². The van der Waals surface area contributed by atoms with Crippen LogP contribution >= 0.6 is 0 Å². The highest BCUT2D eigenvalue weighted by atomic mass is 32.2. The Balaban J connectivity index is 2.00. The molecule has 4 nitrogen and oxygen atoms in total. The second kappa shape index (κ2) is 5.88. The van der Waals surface area contributed by atoms with Crippen LogP contribution in [-0.2, 0) is 10.0 Å². The number of hydrogen-bond acceptors (Lipinski definition) is 3. The zero-order valence-corrected chi connectivity index (χ0v) is 12.4. The van der Waals surface area contributed by atoms with Gasteiger partial charge in [0.1, 0.15) is 0 Å². The lowest BCUT2D eigenvalue weighted by molar-refractivity contribution is 0.340. The largest absolute Gasteiger partial charge is 0.315 e. The summed E-state index contributed by atoms with van der Waals surface area (Å²) in [5.41, 5.74) is 0. The highest BCUT2D eigenvalue weighted by Gasteiger charge is 2.35. The van der Waals surface area contributed by atoms with Gasteiger partial charge in [-0.1, -0.05) is 13.8 Å². The molecule has 106 valence electrons. The van der Waals surface area contributed by atoms with Crippen molar-refractivity contribution in [1.29, 1.82) is 0 Å². The second-order valence-electron chi connectivity index (χ2n) is 5.99. The van der Waals surface area contributed by atoms with E-state index in [4.69, 9.17) is 0 Å². The predicted molar refractivity (Wildman–Crippen MR) is 73.9 cm³/mol. The monoisotopic (exact) mass is 274 g/mol. The molecule has 2 fully saturated rings. The topological polar surface area (TPSA) is 49.4 Å². The molecule has 0 radical (unpaired) electrons. The van der Waals surface area contributed by atoms with Crippen molar-refractivity contribution >= 4 is 10.0 Å². The van der Waals surface area contributed by atoms with E-state index in [1.165, 1.54) is 6.42 Å². The molecule has 0 spiro atoms. The van der Waals surface area contributed by atoms with Crippen LogP contribution in [-0.4, -0.2) is 44.2 Å². The summed E-state index contributed by atoms with van der Waals surface area (Å²) in [5.74, 6) is 1.35. The first-order valence-electron chi connectivity index (χ1n) is 7.21. The third kappa shape index (κ3) is 3.06. The molecule has 0 aromatic carbocycles. The van der Waals surface area contributed by atoms with Crippen molar-refractivity contribution in [2.45, 2.75) is 44.8 Å². The van der Waals surface area contributed by atoms with E-state index < -0.39 is 10.0 Å². The zero-order chi connectivity index (χ0) is 13.2. The normalized spacial score (nSPS) is 31.7. The molecule has 1 N–H and O–H groups in total. The molecule has 0 saturated carbocycles. The summed E-state index contributed by atoms with van der Waals surface area (Å²) in [4.78, 5) is 0. The van der Waals surface area contributed by atoms with Crippen LogP contribution in [0, 0.1) is 11.8 Å². The van der Waals surface area contributed by atoms with Gasteiger partial charge in [-0.3, -0.25) is 0 Å². The maximum atomic E-state index is 12.5. The molecule has 2 aliphatic heterocycles. The van der Waals surface area contributed by atoms with E-state index in [1.54, 1.807) is 4.31 Å². The van der Waals surface area contributed by atoms with Crippen LogP contribution in [0.5, 0.6) is 0 Å². The lowest BCUT2D eigenvalue weighted by Crippen LogP contribution is -2.40. The number of rotatable bonds is 3. The third-order valence-corrected chi connectivity index (χ3v) is 6.80. The molecule has 0 bridgehead atoms. The van der Waals surface area contributed by atoms with Gasteiger partial charge < -0.3 is 5.32 Å². The van der Waals surface area contributed by atoms with E-state index in [9.17, 15) is 8.42 Å². The first-order valence-corrected chi connectivity index (χ1v) is 8.72. The van der Waals surface area contributed by atoms with Gasteiger partial charge in [0.2, 0.25) is 10.0 Å². The van der Waals surface area contributed by atoms with Crippen LogP contribution in [0.3, 0.4) is 0 Å². The van der Waals surface area contributed by atoms with Crippen molar-refractivity contribution in [3.63, 3.8) is 0 Å². The summed E-state index contributed by atoms with van der Waals surface area (Å²) in [6.45, 7) is 7.41. The van der Waals surface area contributed by atoms with Crippen molar-refractivity contribution in [3.05, 3.63) is 0 Å². The molecule has 2 rings (SSSR count). The maximum Gasteiger partial charge on any atom is 0.218 e. The van der Waals surface area contributed by atoms with E-state index in [0.717, 1.165) is 38.9 Å². The molecule has 0 aliphatic carbocycles. The molecule has 0 aromatic rings. The lowest BCUT2D eigenvalue weighted by Gasteiger charge is -2.24. The minimum Gasteiger partial charge on any atom is -0.315 e. The van der Waals surface area contributed by atoms with Gasteiger partial charge in [0.25, 0.3) is 0 Å². The van der Waals surface area contributed by atoms with Crippen molar-refractivity contribution in [1.82, 2.24) is 9.62 Å². The molecule has 18 heavy (non-hydrogen) atoms. The van der Waals surface area contributed by atoms with Crippen LogP contribution in [0.2, 0.25) is 0 Å². The Kier molecular flexibility index (Phi) is 4.67. The Hall–Kier alpha value is -0.130. The zero-order valence-electron chi connectivity index (χ0n) is 11.6. The van der Waals surface area contributed by atoms with Crippen molar-refractivity contribution < 1.29 is 8.42 Å². The van der Waals surface area contributed by atoms with E-state index in [1.807, 2.05) is 0 Å². The molecule has 2 atom stereocenters. The van der Waals surface area contributed by atoms with Crippen molar-refractivity contribution in [2.75, 3.05) is 26.2 Å². The van der Waals surface area contributed by atoms with Gasteiger partial charge in [0.05, 0.1) is 5.25 Å². The molecular formula is C13H26N2O2S. The third-order valence-electron chi connectivity index (χ3n) is 4.47. The second-order valence-corrected chi connectivity index (χ2v) is 8.21. The Morgan fingerprint density at radius 1 is 1.17 bits per heavy atom. The average Bonchev–Trinajstić information content (AvgIpc) is 2.73. The smallest absolute Gasteiger partial charge is 0.218 e. The van der Waals surface area contributed by atoms with Crippen molar-refractivity contribution in [2.24, 2.45) is 11.8 Å². The van der Waals surface area contributed by atoms with Crippen molar-refractivity contribution in [3.8, 4) is 0 Å². The molecule has 5 heteroatoms.